The van der Waals surface area contributed by atoms with Crippen molar-refractivity contribution < 1.29 is 9.84 Å². The molecule has 3 aromatic rings. The van der Waals surface area contributed by atoms with Gasteiger partial charge in [-0.15, -0.1) is 0 Å². The third kappa shape index (κ3) is 3.94. The summed E-state index contributed by atoms with van der Waals surface area (Å²) in [5, 5.41) is 9.84. The van der Waals surface area contributed by atoms with Gasteiger partial charge in [0.25, 0.3) is 5.56 Å². The Labute approximate surface area is 152 Å². The van der Waals surface area contributed by atoms with Crippen molar-refractivity contribution in [3.8, 4) is 16.9 Å². The fourth-order valence-electron chi connectivity index (χ4n) is 2.98. The first kappa shape index (κ1) is 18.1. The van der Waals surface area contributed by atoms with Crippen LogP contribution in [0, 0.1) is 0 Å². The zero-order valence-electron chi connectivity index (χ0n) is 15.0. The van der Waals surface area contributed by atoms with Crippen molar-refractivity contribution in [3.63, 3.8) is 0 Å². The highest BCUT2D eigenvalue weighted by Crippen LogP contribution is 2.29. The van der Waals surface area contributed by atoms with Crippen LogP contribution in [-0.4, -0.2) is 27.9 Å². The summed E-state index contributed by atoms with van der Waals surface area (Å²) in [6.07, 6.45) is 4.28. The minimum atomic E-state index is -0.0359. The molecule has 1 N–H and O–H groups in total. The van der Waals surface area contributed by atoms with Crippen LogP contribution < -0.4 is 10.3 Å². The minimum Gasteiger partial charge on any atom is -0.493 e. The summed E-state index contributed by atoms with van der Waals surface area (Å²) >= 11 is 0. The maximum absolute atomic E-state index is 12.7. The molecule has 0 atom stereocenters. The number of rotatable bonds is 8. The number of ether oxygens (including phenoxy) is 1. The number of pyridine rings is 2. The maximum Gasteiger partial charge on any atom is 0.252 e. The van der Waals surface area contributed by atoms with Crippen LogP contribution in [-0.2, 0) is 6.54 Å². The number of unbranched alkanes of at least 4 members (excludes halogenated alkanes) is 1. The van der Waals surface area contributed by atoms with Gasteiger partial charge in [-0.1, -0.05) is 25.5 Å². The van der Waals surface area contributed by atoms with Crippen molar-refractivity contribution in [1.82, 2.24) is 9.55 Å². The second-order valence-electron chi connectivity index (χ2n) is 6.23. The van der Waals surface area contributed by atoms with E-state index in [0.29, 0.717) is 19.6 Å². The largest absolute Gasteiger partial charge is 0.493 e. The van der Waals surface area contributed by atoms with Crippen LogP contribution >= 0.6 is 0 Å². The molecule has 2 aromatic heterocycles. The Kier molecular flexibility index (Phi) is 6.02. The topological polar surface area (TPSA) is 64.3 Å². The predicted octanol–water partition coefficient (Wildman–Crippen LogP) is 3.62. The lowest BCUT2D eigenvalue weighted by molar-refractivity contribution is 0.233. The number of fused-ring (bicyclic) bond motifs is 1. The number of hydrogen-bond donors (Lipinski definition) is 1. The van der Waals surface area contributed by atoms with E-state index in [1.165, 1.54) is 0 Å². The third-order valence-electron chi connectivity index (χ3n) is 4.32. The van der Waals surface area contributed by atoms with Crippen molar-refractivity contribution in [1.29, 1.82) is 0 Å². The van der Waals surface area contributed by atoms with Gasteiger partial charge in [-0.25, -0.2) is 4.98 Å². The van der Waals surface area contributed by atoms with Crippen LogP contribution in [0.3, 0.4) is 0 Å². The highest BCUT2D eigenvalue weighted by molar-refractivity contribution is 5.92. The second kappa shape index (κ2) is 8.63. The number of aliphatic hydroxyl groups is 1. The molecule has 0 saturated carbocycles. The number of aromatic nitrogens is 2. The molecule has 0 aliphatic rings. The van der Waals surface area contributed by atoms with Gasteiger partial charge in [0.15, 0.2) is 0 Å². The van der Waals surface area contributed by atoms with Gasteiger partial charge in [0.1, 0.15) is 11.4 Å². The molecule has 1 aromatic carbocycles. The van der Waals surface area contributed by atoms with Gasteiger partial charge >= 0.3 is 0 Å². The summed E-state index contributed by atoms with van der Waals surface area (Å²) in [5.41, 5.74) is 2.46. The fraction of sp³-hybridized carbons (Fsp3) is 0.333. The van der Waals surface area contributed by atoms with E-state index < -0.39 is 0 Å². The zero-order chi connectivity index (χ0) is 18.4. The smallest absolute Gasteiger partial charge is 0.252 e. The summed E-state index contributed by atoms with van der Waals surface area (Å²) in [5.74, 6) is 0.725. The molecule has 5 nitrogen and oxygen atoms in total. The van der Waals surface area contributed by atoms with Gasteiger partial charge in [-0.05, 0) is 41.8 Å². The highest BCUT2D eigenvalue weighted by Gasteiger charge is 2.11. The molecule has 136 valence electrons. The van der Waals surface area contributed by atoms with E-state index in [9.17, 15) is 4.79 Å². The van der Waals surface area contributed by atoms with Gasteiger partial charge in [0, 0.05) is 37.2 Å². The average Bonchev–Trinajstić information content (AvgIpc) is 2.67. The molecule has 0 unspecified atom stereocenters. The van der Waals surface area contributed by atoms with Crippen molar-refractivity contribution in [2.24, 2.45) is 0 Å². The molecule has 0 bridgehead atoms. The Balaban J connectivity index is 2.06. The summed E-state index contributed by atoms with van der Waals surface area (Å²) in [7, 11) is 0. The molecule has 5 heteroatoms. The Hall–Kier alpha value is -2.66. The number of nitrogens with zero attached hydrogens (tertiary/aromatic N) is 2. The molecule has 26 heavy (non-hydrogen) atoms. The SMILES string of the molecule is CCCCn1c(=O)cc(-c2cccc(OCCCO)c2)c2cccnc21. The molecule has 0 fully saturated rings. The Morgan fingerprint density at radius 1 is 1.15 bits per heavy atom. The molecule has 2 heterocycles. The molecule has 0 saturated heterocycles. The Morgan fingerprint density at radius 3 is 2.85 bits per heavy atom. The number of benzene rings is 1. The summed E-state index contributed by atoms with van der Waals surface area (Å²) in [4.78, 5) is 17.2. The van der Waals surface area contributed by atoms with Gasteiger partial charge < -0.3 is 9.84 Å². The highest BCUT2D eigenvalue weighted by atomic mass is 16.5. The average molecular weight is 352 g/mol. The minimum absolute atomic E-state index is 0.0359. The maximum atomic E-state index is 12.7. The fourth-order valence-corrected chi connectivity index (χ4v) is 2.98. The first-order chi connectivity index (χ1) is 12.7. The summed E-state index contributed by atoms with van der Waals surface area (Å²) < 4.78 is 7.42. The molecule has 0 aliphatic heterocycles. The lowest BCUT2D eigenvalue weighted by Crippen LogP contribution is -2.21. The third-order valence-corrected chi connectivity index (χ3v) is 4.32. The van der Waals surface area contributed by atoms with E-state index in [2.05, 4.69) is 11.9 Å². The Morgan fingerprint density at radius 2 is 2.04 bits per heavy atom. The van der Waals surface area contributed by atoms with E-state index in [0.717, 1.165) is 40.8 Å². The van der Waals surface area contributed by atoms with Crippen LogP contribution in [0.5, 0.6) is 5.75 Å². The van der Waals surface area contributed by atoms with Crippen molar-refractivity contribution in [3.05, 3.63) is 59.0 Å². The first-order valence-electron chi connectivity index (χ1n) is 9.07. The molecular weight excluding hydrogens is 328 g/mol. The first-order valence-corrected chi connectivity index (χ1v) is 9.07. The normalized spacial score (nSPS) is 11.0. The molecule has 0 amide bonds. The van der Waals surface area contributed by atoms with E-state index in [-0.39, 0.29) is 12.2 Å². The molecule has 0 spiro atoms. The standard InChI is InChI=1S/C21H24N2O3/c1-2-3-11-23-20(25)15-19(18-9-5-10-22-21(18)23)16-7-4-8-17(14-16)26-13-6-12-24/h4-5,7-10,14-15,24H,2-3,6,11-13H2,1H3. The van der Waals surface area contributed by atoms with E-state index in [4.69, 9.17) is 9.84 Å². The summed E-state index contributed by atoms with van der Waals surface area (Å²) in [6.45, 7) is 3.34. The van der Waals surface area contributed by atoms with Crippen molar-refractivity contribution in [2.75, 3.05) is 13.2 Å². The van der Waals surface area contributed by atoms with Crippen LogP contribution in [0.2, 0.25) is 0 Å². The van der Waals surface area contributed by atoms with E-state index in [1.807, 2.05) is 36.4 Å². The molecule has 0 aliphatic carbocycles. The van der Waals surface area contributed by atoms with Gasteiger partial charge in [0.05, 0.1) is 6.61 Å². The number of hydrogen-bond acceptors (Lipinski definition) is 4. The van der Waals surface area contributed by atoms with E-state index >= 15 is 0 Å². The van der Waals surface area contributed by atoms with Crippen LogP contribution in [0.25, 0.3) is 22.2 Å². The second-order valence-corrected chi connectivity index (χ2v) is 6.23. The van der Waals surface area contributed by atoms with E-state index in [1.54, 1.807) is 16.8 Å². The van der Waals surface area contributed by atoms with Crippen LogP contribution in [0.4, 0.5) is 0 Å². The summed E-state index contributed by atoms with van der Waals surface area (Å²) in [6, 6.07) is 13.3. The number of aryl methyl sites for hydroxylation is 1. The van der Waals surface area contributed by atoms with Crippen LogP contribution in [0.15, 0.2) is 53.5 Å². The van der Waals surface area contributed by atoms with Crippen molar-refractivity contribution >= 4 is 11.0 Å². The zero-order valence-corrected chi connectivity index (χ0v) is 15.0. The molecule has 3 rings (SSSR count). The molecular formula is C21H24N2O3. The monoisotopic (exact) mass is 352 g/mol. The molecule has 0 radical (unpaired) electrons. The quantitative estimate of drug-likeness (QED) is 0.629. The Bertz CT molecular complexity index is 934. The van der Waals surface area contributed by atoms with Gasteiger partial charge in [0.2, 0.25) is 0 Å². The van der Waals surface area contributed by atoms with Gasteiger partial charge in [-0.2, -0.15) is 0 Å². The van der Waals surface area contributed by atoms with Gasteiger partial charge in [-0.3, -0.25) is 9.36 Å². The van der Waals surface area contributed by atoms with Crippen molar-refractivity contribution in [2.45, 2.75) is 32.7 Å². The van der Waals surface area contributed by atoms with Crippen LogP contribution in [0.1, 0.15) is 26.2 Å². The lowest BCUT2D eigenvalue weighted by Gasteiger charge is -2.13. The number of aliphatic hydroxyl groups excluding tert-OH is 1. The lowest BCUT2D eigenvalue weighted by atomic mass is 10.0. The predicted molar refractivity (Wildman–Crippen MR) is 104 cm³/mol.